The van der Waals surface area contributed by atoms with Crippen molar-refractivity contribution in [1.82, 2.24) is 4.98 Å². The Hall–Kier alpha value is 0.0200. The van der Waals surface area contributed by atoms with Crippen molar-refractivity contribution in [2.45, 2.75) is 11.3 Å². The highest BCUT2D eigenvalue weighted by Crippen LogP contribution is 2.29. The minimum Gasteiger partial charge on any atom is -0.330 e. The zero-order valence-electron chi connectivity index (χ0n) is 9.30. The van der Waals surface area contributed by atoms with E-state index >= 15 is 0 Å². The van der Waals surface area contributed by atoms with Gasteiger partial charge in [0.05, 0.1) is 11.6 Å². The predicted molar refractivity (Wildman–Crippen MR) is 75.0 cm³/mol. The summed E-state index contributed by atoms with van der Waals surface area (Å²) in [6.07, 6.45) is 1.28. The third kappa shape index (κ3) is 3.07. The summed E-state index contributed by atoms with van der Waals surface area (Å²) < 4.78 is 23.5. The van der Waals surface area contributed by atoms with Gasteiger partial charge < -0.3 is 4.90 Å². The van der Waals surface area contributed by atoms with Crippen LogP contribution in [0.4, 0.5) is 5.13 Å². The van der Waals surface area contributed by atoms with E-state index in [1.54, 1.807) is 11.8 Å². The van der Waals surface area contributed by atoms with Crippen molar-refractivity contribution in [2.75, 3.05) is 29.2 Å². The fourth-order valence-electron chi connectivity index (χ4n) is 1.64. The van der Waals surface area contributed by atoms with Gasteiger partial charge in [0, 0.05) is 29.7 Å². The standard InChI is InChI=1S/C9H13ClN2O2S3/c1-17(13,14)8-6-15-3-2-12(8)9-11-7(4-10)5-16-9/h5,8H,2-4,6H2,1H3. The van der Waals surface area contributed by atoms with Gasteiger partial charge in [-0.05, 0) is 0 Å². The Kier molecular flexibility index (Phi) is 4.22. The third-order valence-electron chi connectivity index (χ3n) is 2.50. The van der Waals surface area contributed by atoms with Gasteiger partial charge in [-0.2, -0.15) is 11.8 Å². The van der Waals surface area contributed by atoms with E-state index in [0.29, 0.717) is 11.6 Å². The zero-order chi connectivity index (χ0) is 12.5. The average molecular weight is 313 g/mol. The largest absolute Gasteiger partial charge is 0.330 e. The number of thiazole rings is 1. The highest BCUT2D eigenvalue weighted by atomic mass is 35.5. The van der Waals surface area contributed by atoms with Gasteiger partial charge in [0.25, 0.3) is 0 Å². The molecule has 2 rings (SSSR count). The molecule has 8 heteroatoms. The van der Waals surface area contributed by atoms with Gasteiger partial charge in [-0.15, -0.1) is 22.9 Å². The van der Waals surface area contributed by atoms with E-state index in [2.05, 4.69) is 4.98 Å². The molecule has 0 aromatic carbocycles. The van der Waals surface area contributed by atoms with Crippen LogP contribution in [-0.2, 0) is 15.7 Å². The van der Waals surface area contributed by atoms with E-state index in [9.17, 15) is 8.42 Å². The second kappa shape index (κ2) is 5.34. The Morgan fingerprint density at radius 3 is 3.00 bits per heavy atom. The molecule has 2 heterocycles. The van der Waals surface area contributed by atoms with Crippen LogP contribution in [0, 0.1) is 0 Å². The van der Waals surface area contributed by atoms with Crippen molar-refractivity contribution in [3.8, 4) is 0 Å². The first-order chi connectivity index (χ1) is 8.02. The Morgan fingerprint density at radius 2 is 2.41 bits per heavy atom. The number of anilines is 1. The van der Waals surface area contributed by atoms with Crippen molar-refractivity contribution >= 4 is 49.7 Å². The maximum Gasteiger partial charge on any atom is 0.186 e. The van der Waals surface area contributed by atoms with Crippen molar-refractivity contribution in [2.24, 2.45) is 0 Å². The summed E-state index contributed by atoms with van der Waals surface area (Å²) in [7, 11) is -3.08. The molecule has 17 heavy (non-hydrogen) atoms. The minimum absolute atomic E-state index is 0.364. The molecule has 96 valence electrons. The maximum atomic E-state index is 11.7. The molecular formula is C9H13ClN2O2S3. The second-order valence-electron chi connectivity index (χ2n) is 3.81. The third-order valence-corrected chi connectivity index (χ3v) is 6.34. The van der Waals surface area contributed by atoms with Crippen LogP contribution in [0.25, 0.3) is 0 Å². The monoisotopic (exact) mass is 312 g/mol. The number of hydrogen-bond donors (Lipinski definition) is 0. The predicted octanol–water partition coefficient (Wildman–Crippen LogP) is 1.81. The van der Waals surface area contributed by atoms with Crippen LogP contribution in [0.1, 0.15) is 5.69 Å². The first-order valence-electron chi connectivity index (χ1n) is 5.06. The number of sulfone groups is 1. The molecule has 1 fully saturated rings. The van der Waals surface area contributed by atoms with Crippen LogP contribution in [0.15, 0.2) is 5.38 Å². The Balaban J connectivity index is 2.27. The van der Waals surface area contributed by atoms with E-state index in [1.807, 2.05) is 10.3 Å². The summed E-state index contributed by atoms with van der Waals surface area (Å²) >= 11 is 8.84. The maximum absolute atomic E-state index is 11.7. The van der Waals surface area contributed by atoms with Crippen LogP contribution < -0.4 is 4.90 Å². The molecule has 0 N–H and O–H groups in total. The van der Waals surface area contributed by atoms with Crippen LogP contribution in [0.5, 0.6) is 0 Å². The zero-order valence-corrected chi connectivity index (χ0v) is 12.5. The smallest absolute Gasteiger partial charge is 0.186 e. The summed E-state index contributed by atoms with van der Waals surface area (Å²) in [5.74, 6) is 1.90. The molecule has 0 saturated carbocycles. The van der Waals surface area contributed by atoms with E-state index in [-0.39, 0.29) is 0 Å². The van der Waals surface area contributed by atoms with Crippen LogP contribution in [0.3, 0.4) is 0 Å². The topological polar surface area (TPSA) is 50.3 Å². The van der Waals surface area contributed by atoms with Gasteiger partial charge in [-0.1, -0.05) is 0 Å². The normalized spacial score (nSPS) is 21.8. The first kappa shape index (κ1) is 13.5. The number of alkyl halides is 1. The summed E-state index contributed by atoms with van der Waals surface area (Å²) in [6.45, 7) is 0.720. The molecule has 0 spiro atoms. The lowest BCUT2D eigenvalue weighted by Gasteiger charge is -2.33. The fourth-order valence-corrected chi connectivity index (χ4v) is 5.66. The van der Waals surface area contributed by atoms with Gasteiger partial charge in [0.15, 0.2) is 15.0 Å². The summed E-state index contributed by atoms with van der Waals surface area (Å²) in [5.41, 5.74) is 0.803. The van der Waals surface area contributed by atoms with E-state index < -0.39 is 15.2 Å². The Morgan fingerprint density at radius 1 is 1.65 bits per heavy atom. The van der Waals surface area contributed by atoms with Crippen molar-refractivity contribution in [3.63, 3.8) is 0 Å². The van der Waals surface area contributed by atoms with Gasteiger partial charge in [0.2, 0.25) is 0 Å². The molecule has 4 nitrogen and oxygen atoms in total. The molecule has 0 aliphatic carbocycles. The number of aromatic nitrogens is 1. The van der Waals surface area contributed by atoms with Crippen LogP contribution in [0.2, 0.25) is 0 Å². The van der Waals surface area contributed by atoms with Crippen molar-refractivity contribution < 1.29 is 8.42 Å². The van der Waals surface area contributed by atoms with Crippen molar-refractivity contribution in [1.29, 1.82) is 0 Å². The molecule has 1 saturated heterocycles. The van der Waals surface area contributed by atoms with Gasteiger partial charge in [-0.25, -0.2) is 13.4 Å². The Bertz CT molecular complexity index is 488. The van der Waals surface area contributed by atoms with Crippen molar-refractivity contribution in [3.05, 3.63) is 11.1 Å². The number of nitrogens with zero attached hydrogens (tertiary/aromatic N) is 2. The quantitative estimate of drug-likeness (QED) is 0.797. The van der Waals surface area contributed by atoms with Gasteiger partial charge in [0.1, 0.15) is 5.37 Å². The first-order valence-corrected chi connectivity index (χ1v) is 9.58. The van der Waals surface area contributed by atoms with E-state index in [4.69, 9.17) is 11.6 Å². The summed E-state index contributed by atoms with van der Waals surface area (Å²) in [4.78, 5) is 6.24. The van der Waals surface area contributed by atoms with E-state index in [0.717, 1.165) is 23.1 Å². The molecule has 1 aromatic heterocycles. The number of halogens is 1. The molecule has 1 aliphatic rings. The number of rotatable bonds is 3. The molecule has 1 unspecified atom stereocenters. The second-order valence-corrected chi connectivity index (χ2v) is 8.26. The van der Waals surface area contributed by atoms with E-state index in [1.165, 1.54) is 17.6 Å². The summed E-state index contributed by atoms with van der Waals surface area (Å²) in [6, 6.07) is 0. The molecule has 1 aliphatic heterocycles. The van der Waals surface area contributed by atoms with Gasteiger partial charge >= 0.3 is 0 Å². The van der Waals surface area contributed by atoms with Crippen LogP contribution >= 0.6 is 34.7 Å². The SMILES string of the molecule is CS(=O)(=O)C1CSCCN1c1nc(CCl)cs1. The molecule has 1 atom stereocenters. The fraction of sp³-hybridized carbons (Fsp3) is 0.667. The molecule has 0 radical (unpaired) electrons. The van der Waals surface area contributed by atoms with Crippen LogP contribution in [-0.4, -0.2) is 43.1 Å². The average Bonchev–Trinajstić information content (AvgIpc) is 2.76. The lowest BCUT2D eigenvalue weighted by atomic mass is 10.5. The number of hydrogen-bond acceptors (Lipinski definition) is 6. The lowest BCUT2D eigenvalue weighted by molar-refractivity contribution is 0.584. The minimum atomic E-state index is -3.08. The number of thioether (sulfide) groups is 1. The molecule has 0 bridgehead atoms. The summed E-state index contributed by atoms with van der Waals surface area (Å²) in [5, 5.41) is 2.18. The molecule has 1 aromatic rings. The lowest BCUT2D eigenvalue weighted by Crippen LogP contribution is -2.47. The Labute approximate surface area is 114 Å². The highest BCUT2D eigenvalue weighted by Gasteiger charge is 2.32. The molecule has 0 amide bonds. The highest BCUT2D eigenvalue weighted by molar-refractivity contribution is 8.01. The molecular weight excluding hydrogens is 300 g/mol. The van der Waals surface area contributed by atoms with Gasteiger partial charge in [-0.3, -0.25) is 0 Å².